The molecule has 2 rings (SSSR count). The third-order valence-corrected chi connectivity index (χ3v) is 2.62. The Kier molecular flexibility index (Phi) is 2.30. The lowest BCUT2D eigenvalue weighted by molar-refractivity contribution is -0.384. The van der Waals surface area contributed by atoms with E-state index in [2.05, 4.69) is 9.97 Å². The molecule has 76 valence electrons. The molecule has 0 bridgehead atoms. The fraction of sp³-hybridized carbons (Fsp3) is 0. The van der Waals surface area contributed by atoms with E-state index < -0.39 is 4.92 Å². The van der Waals surface area contributed by atoms with Crippen molar-refractivity contribution in [3.8, 4) is 10.6 Å². The molecule has 2 heterocycles. The number of nitro groups is 1. The Hall–Kier alpha value is -2.02. The summed E-state index contributed by atoms with van der Waals surface area (Å²) >= 11 is 1.37. The summed E-state index contributed by atoms with van der Waals surface area (Å²) in [5, 5.41) is 12.5. The van der Waals surface area contributed by atoms with Crippen molar-refractivity contribution in [3.05, 3.63) is 33.8 Å². The van der Waals surface area contributed by atoms with Gasteiger partial charge in [0.25, 0.3) is 0 Å². The highest BCUT2D eigenvalue weighted by molar-refractivity contribution is 7.13. The molecule has 15 heavy (non-hydrogen) atoms. The van der Waals surface area contributed by atoms with Gasteiger partial charge in [-0.3, -0.25) is 10.1 Å². The number of nitrogen functional groups attached to an aromatic ring is 1. The summed E-state index contributed by atoms with van der Waals surface area (Å²) in [7, 11) is 0. The first-order chi connectivity index (χ1) is 7.18. The Morgan fingerprint density at radius 3 is 2.93 bits per heavy atom. The van der Waals surface area contributed by atoms with Gasteiger partial charge in [0.2, 0.25) is 5.95 Å². The smallest absolute Gasteiger partial charge is 0.314 e. The van der Waals surface area contributed by atoms with Crippen LogP contribution in [0.15, 0.2) is 23.7 Å². The van der Waals surface area contributed by atoms with E-state index in [1.165, 1.54) is 11.3 Å². The first-order valence-corrected chi connectivity index (χ1v) is 4.87. The van der Waals surface area contributed by atoms with Crippen molar-refractivity contribution in [1.82, 2.24) is 9.97 Å². The molecule has 0 aliphatic heterocycles. The number of anilines is 1. The van der Waals surface area contributed by atoms with E-state index in [0.29, 0.717) is 4.88 Å². The number of nitrogens with two attached hydrogens (primary N) is 1. The summed E-state index contributed by atoms with van der Waals surface area (Å²) in [6.07, 6.45) is 1.12. The molecular formula is C8H6N4O2S. The number of hydrogen-bond acceptors (Lipinski definition) is 6. The molecule has 6 nitrogen and oxygen atoms in total. The number of hydrogen-bond donors (Lipinski definition) is 1. The van der Waals surface area contributed by atoms with Crippen LogP contribution < -0.4 is 5.73 Å². The molecule has 0 radical (unpaired) electrons. The molecular weight excluding hydrogens is 216 g/mol. The van der Waals surface area contributed by atoms with Crippen molar-refractivity contribution < 1.29 is 4.92 Å². The van der Waals surface area contributed by atoms with E-state index >= 15 is 0 Å². The van der Waals surface area contributed by atoms with Crippen LogP contribution in [0.25, 0.3) is 10.6 Å². The van der Waals surface area contributed by atoms with E-state index in [-0.39, 0.29) is 17.3 Å². The van der Waals surface area contributed by atoms with Gasteiger partial charge >= 0.3 is 5.69 Å². The van der Waals surface area contributed by atoms with Crippen LogP contribution in [-0.2, 0) is 0 Å². The van der Waals surface area contributed by atoms with Crippen LogP contribution >= 0.6 is 11.3 Å². The summed E-state index contributed by atoms with van der Waals surface area (Å²) in [6, 6.07) is 3.54. The molecule has 0 amide bonds. The summed E-state index contributed by atoms with van der Waals surface area (Å²) in [6.45, 7) is 0. The van der Waals surface area contributed by atoms with Gasteiger partial charge in [0.1, 0.15) is 6.20 Å². The maximum Gasteiger partial charge on any atom is 0.314 e. The molecule has 0 spiro atoms. The second-order valence-corrected chi connectivity index (χ2v) is 3.64. The van der Waals surface area contributed by atoms with Gasteiger partial charge in [0.05, 0.1) is 9.80 Å². The molecule has 0 unspecified atom stereocenters. The van der Waals surface area contributed by atoms with E-state index in [4.69, 9.17) is 5.73 Å². The number of nitrogens with zero attached hydrogens (tertiary/aromatic N) is 3. The van der Waals surface area contributed by atoms with Crippen LogP contribution in [-0.4, -0.2) is 14.9 Å². The van der Waals surface area contributed by atoms with Crippen LogP contribution in [0.1, 0.15) is 0 Å². The van der Waals surface area contributed by atoms with Gasteiger partial charge in [-0.1, -0.05) is 6.07 Å². The normalized spacial score (nSPS) is 10.1. The fourth-order valence-corrected chi connectivity index (χ4v) is 1.84. The summed E-state index contributed by atoms with van der Waals surface area (Å²) in [4.78, 5) is 18.4. The Bertz CT molecular complexity index is 497. The van der Waals surface area contributed by atoms with E-state index in [1.807, 2.05) is 5.38 Å². The maximum atomic E-state index is 10.7. The lowest BCUT2D eigenvalue weighted by Crippen LogP contribution is -2.00. The molecule has 2 N–H and O–H groups in total. The summed E-state index contributed by atoms with van der Waals surface area (Å²) in [5.74, 6) is 0.0315. The molecule has 0 aliphatic rings. The van der Waals surface area contributed by atoms with E-state index in [0.717, 1.165) is 6.20 Å². The monoisotopic (exact) mass is 222 g/mol. The molecule has 7 heteroatoms. The maximum absolute atomic E-state index is 10.7. The third-order valence-electron chi connectivity index (χ3n) is 1.74. The minimum absolute atomic E-state index is 0.0315. The molecule has 0 saturated heterocycles. The Labute approximate surface area is 88.6 Å². The highest BCUT2D eigenvalue weighted by Crippen LogP contribution is 2.30. The predicted molar refractivity (Wildman–Crippen MR) is 56.4 cm³/mol. The standard InChI is InChI=1S/C8H6N4O2S/c9-8-10-4-5(12(13)14)7(11-8)6-2-1-3-15-6/h1-4H,(H2,9,10,11). The second kappa shape index (κ2) is 3.62. The lowest BCUT2D eigenvalue weighted by Gasteiger charge is -1.99. The number of rotatable bonds is 2. The minimum Gasteiger partial charge on any atom is -0.368 e. The highest BCUT2D eigenvalue weighted by Gasteiger charge is 2.18. The van der Waals surface area contributed by atoms with Crippen molar-refractivity contribution in [2.75, 3.05) is 5.73 Å². The molecule has 0 aromatic carbocycles. The van der Waals surface area contributed by atoms with Gasteiger partial charge in [0, 0.05) is 0 Å². The van der Waals surface area contributed by atoms with Crippen LogP contribution in [0, 0.1) is 10.1 Å². The molecule has 0 aliphatic carbocycles. The quantitative estimate of drug-likeness (QED) is 0.616. The Balaban J connectivity index is 2.63. The van der Waals surface area contributed by atoms with Crippen molar-refractivity contribution in [2.24, 2.45) is 0 Å². The van der Waals surface area contributed by atoms with Gasteiger partial charge in [-0.05, 0) is 11.4 Å². The molecule has 0 saturated carbocycles. The molecule has 0 fully saturated rings. The Morgan fingerprint density at radius 2 is 2.33 bits per heavy atom. The van der Waals surface area contributed by atoms with Crippen molar-refractivity contribution in [2.45, 2.75) is 0 Å². The second-order valence-electron chi connectivity index (χ2n) is 2.70. The van der Waals surface area contributed by atoms with Crippen LogP contribution in [0.4, 0.5) is 11.6 Å². The summed E-state index contributed by atoms with van der Waals surface area (Å²) < 4.78 is 0. The first-order valence-electron chi connectivity index (χ1n) is 3.99. The van der Waals surface area contributed by atoms with Gasteiger partial charge in [-0.15, -0.1) is 11.3 Å². The van der Waals surface area contributed by atoms with Crippen molar-refractivity contribution in [1.29, 1.82) is 0 Å². The largest absolute Gasteiger partial charge is 0.368 e. The van der Waals surface area contributed by atoms with Crippen molar-refractivity contribution in [3.63, 3.8) is 0 Å². The molecule has 2 aromatic rings. The van der Waals surface area contributed by atoms with Gasteiger partial charge in [-0.2, -0.15) is 0 Å². The molecule has 2 aromatic heterocycles. The fourth-order valence-electron chi connectivity index (χ4n) is 1.12. The lowest BCUT2D eigenvalue weighted by atomic mass is 10.3. The number of aromatic nitrogens is 2. The van der Waals surface area contributed by atoms with Gasteiger partial charge in [-0.25, -0.2) is 9.97 Å². The van der Waals surface area contributed by atoms with Crippen molar-refractivity contribution >= 4 is 23.0 Å². The van der Waals surface area contributed by atoms with Crippen LogP contribution in [0.3, 0.4) is 0 Å². The third kappa shape index (κ3) is 1.77. The molecule has 0 atom stereocenters. The predicted octanol–water partition coefficient (Wildman–Crippen LogP) is 1.70. The highest BCUT2D eigenvalue weighted by atomic mass is 32.1. The first kappa shape index (κ1) is 9.53. The summed E-state index contributed by atoms with van der Waals surface area (Å²) in [5.41, 5.74) is 5.53. The zero-order valence-corrected chi connectivity index (χ0v) is 8.27. The van der Waals surface area contributed by atoms with Crippen LogP contribution in [0.2, 0.25) is 0 Å². The average molecular weight is 222 g/mol. The SMILES string of the molecule is Nc1ncc([N+](=O)[O-])c(-c2cccs2)n1. The van der Waals surface area contributed by atoms with E-state index in [9.17, 15) is 10.1 Å². The van der Waals surface area contributed by atoms with Gasteiger partial charge < -0.3 is 5.73 Å². The Morgan fingerprint density at radius 1 is 1.53 bits per heavy atom. The minimum atomic E-state index is -0.519. The average Bonchev–Trinajstić information content (AvgIpc) is 2.69. The van der Waals surface area contributed by atoms with Crippen LogP contribution in [0.5, 0.6) is 0 Å². The van der Waals surface area contributed by atoms with E-state index in [1.54, 1.807) is 12.1 Å². The van der Waals surface area contributed by atoms with Gasteiger partial charge in [0.15, 0.2) is 5.69 Å². The zero-order chi connectivity index (χ0) is 10.8. The zero-order valence-electron chi connectivity index (χ0n) is 7.45. The number of thiophene rings is 1. The topological polar surface area (TPSA) is 94.9 Å².